The first-order valence-corrected chi connectivity index (χ1v) is 9.41. The Morgan fingerprint density at radius 2 is 1.12 bits per heavy atom. The van der Waals surface area contributed by atoms with E-state index in [0.717, 1.165) is 31.8 Å². The minimum absolute atomic E-state index is 0.285. The summed E-state index contributed by atoms with van der Waals surface area (Å²) in [4.78, 5) is -0.285. The lowest BCUT2D eigenvalue weighted by molar-refractivity contribution is -0.877. The molecule has 0 saturated heterocycles. The van der Waals surface area contributed by atoms with Gasteiger partial charge in [0.1, 0.15) is 0 Å². The monoisotopic (exact) mass is 460 g/mol. The number of anilines is 3. The van der Waals surface area contributed by atoms with Gasteiger partial charge < -0.3 is 0 Å². The second kappa shape index (κ2) is 7.94. The third-order valence-electron chi connectivity index (χ3n) is 3.78. The molecule has 3 rings (SSSR count). The molecular weight excluding hydrogens is 437 g/mol. The molecule has 0 spiro atoms. The van der Waals surface area contributed by atoms with Gasteiger partial charge in [0.2, 0.25) is 0 Å². The van der Waals surface area contributed by atoms with Crippen molar-refractivity contribution in [2.45, 2.75) is 13.8 Å². The summed E-state index contributed by atoms with van der Waals surface area (Å²) in [6.45, 7) is 4.11. The first kappa shape index (κ1) is 18.5. The van der Waals surface area contributed by atoms with E-state index in [-0.39, 0.29) is 4.92 Å². The van der Waals surface area contributed by atoms with Crippen LogP contribution in [-0.2, 0) is 0 Å². The van der Waals surface area contributed by atoms with Crippen molar-refractivity contribution in [2.75, 3.05) is 16.3 Å². The molecule has 0 bridgehead atoms. The molecule has 5 nitrogen and oxygen atoms in total. The van der Waals surface area contributed by atoms with Gasteiger partial charge in [0.05, 0.1) is 17.1 Å². The van der Waals surface area contributed by atoms with Crippen LogP contribution in [0.1, 0.15) is 11.1 Å². The summed E-state index contributed by atoms with van der Waals surface area (Å²) in [6.07, 6.45) is 0. The summed E-state index contributed by atoms with van der Waals surface area (Å²) in [5.74, 6) is 6.65. The molecule has 6 heteroatoms. The summed E-state index contributed by atoms with van der Waals surface area (Å²) in [5, 5.41) is 0. The van der Waals surface area contributed by atoms with Crippen LogP contribution in [0.4, 0.5) is 17.1 Å². The van der Waals surface area contributed by atoms with Crippen LogP contribution in [0.5, 0.6) is 0 Å². The molecule has 5 N–H and O–H groups in total. The van der Waals surface area contributed by atoms with E-state index in [2.05, 4.69) is 64.8 Å². The number of benzene rings is 3. The maximum atomic E-state index is 6.65. The molecule has 0 amide bonds. The van der Waals surface area contributed by atoms with Crippen LogP contribution in [0.3, 0.4) is 0 Å². The Morgan fingerprint density at radius 3 is 1.54 bits per heavy atom. The van der Waals surface area contributed by atoms with Crippen molar-refractivity contribution in [1.29, 1.82) is 0 Å². The molecule has 0 atom stereocenters. The zero-order valence-electron chi connectivity index (χ0n) is 14.8. The second-order valence-corrected chi connectivity index (χ2v) is 7.55. The Balaban J connectivity index is 1.91. The van der Waals surface area contributed by atoms with Crippen molar-refractivity contribution in [3.8, 4) is 0 Å². The number of hydrogen-bond acceptors (Lipinski definition) is 4. The van der Waals surface area contributed by atoms with Gasteiger partial charge in [-0.2, -0.15) is 16.3 Å². The first-order chi connectivity index (χ1) is 12.4. The summed E-state index contributed by atoms with van der Waals surface area (Å²) in [6, 6.07) is 24.2. The quantitative estimate of drug-likeness (QED) is 0.181. The highest BCUT2D eigenvalue weighted by atomic mass is 127. The number of nitrogens with one attached hydrogen (secondary N) is 3. The Labute approximate surface area is 167 Å². The van der Waals surface area contributed by atoms with E-state index >= 15 is 0 Å². The molecular formula is C20H23IN5+. The highest BCUT2D eigenvalue weighted by molar-refractivity contribution is 14.1. The van der Waals surface area contributed by atoms with E-state index in [4.69, 9.17) is 5.84 Å². The SMILES string of the molecule is Cc1cccc(N[N+](N)(Nc2cccc(C)c2)Nc2cccc(I)c2)c1. The molecule has 0 aliphatic rings. The highest BCUT2D eigenvalue weighted by Gasteiger charge is 2.25. The van der Waals surface area contributed by atoms with Gasteiger partial charge in [-0.1, -0.05) is 30.3 Å². The lowest BCUT2D eigenvalue weighted by Crippen LogP contribution is -2.66. The van der Waals surface area contributed by atoms with Gasteiger partial charge in [0, 0.05) is 8.49 Å². The largest absolute Gasteiger partial charge is 0.168 e. The normalized spacial score (nSPS) is 11.1. The predicted octanol–water partition coefficient (Wildman–Crippen LogP) is 4.98. The van der Waals surface area contributed by atoms with Gasteiger partial charge in [0.25, 0.3) is 0 Å². The van der Waals surface area contributed by atoms with E-state index in [0.29, 0.717) is 0 Å². The molecule has 0 unspecified atom stereocenters. The molecule has 134 valence electrons. The van der Waals surface area contributed by atoms with Crippen molar-refractivity contribution in [1.82, 2.24) is 0 Å². The maximum absolute atomic E-state index is 6.65. The van der Waals surface area contributed by atoms with Gasteiger partial charge in [0.15, 0.2) is 0 Å². The summed E-state index contributed by atoms with van der Waals surface area (Å²) in [5.41, 5.74) is 15.0. The lowest BCUT2D eigenvalue weighted by atomic mass is 10.2. The van der Waals surface area contributed by atoms with Crippen LogP contribution in [0.25, 0.3) is 0 Å². The number of aryl methyl sites for hydroxylation is 2. The van der Waals surface area contributed by atoms with Crippen molar-refractivity contribution >= 4 is 39.7 Å². The molecule has 0 heterocycles. The van der Waals surface area contributed by atoms with Crippen LogP contribution in [0.2, 0.25) is 0 Å². The number of nitrogens with zero attached hydrogens (tertiary/aromatic N) is 1. The summed E-state index contributed by atoms with van der Waals surface area (Å²) in [7, 11) is 0. The maximum Gasteiger partial charge on any atom is 0.0938 e. The third kappa shape index (κ3) is 5.10. The molecule has 0 aromatic heterocycles. The first-order valence-electron chi connectivity index (χ1n) is 8.33. The van der Waals surface area contributed by atoms with Crippen LogP contribution >= 0.6 is 22.6 Å². The van der Waals surface area contributed by atoms with Crippen molar-refractivity contribution < 1.29 is 4.92 Å². The Bertz CT molecular complexity index is 781. The molecule has 26 heavy (non-hydrogen) atoms. The van der Waals surface area contributed by atoms with E-state index in [1.807, 2.05) is 60.7 Å². The van der Waals surface area contributed by atoms with Crippen molar-refractivity contribution in [3.63, 3.8) is 0 Å². The number of hydrogen-bond donors (Lipinski definition) is 4. The average molecular weight is 460 g/mol. The Morgan fingerprint density at radius 1 is 0.692 bits per heavy atom. The van der Waals surface area contributed by atoms with Gasteiger partial charge in [-0.15, -0.1) is 5.84 Å². The fraction of sp³-hybridized carbons (Fsp3) is 0.100. The van der Waals surface area contributed by atoms with Crippen LogP contribution in [0, 0.1) is 17.4 Å². The van der Waals surface area contributed by atoms with E-state index < -0.39 is 0 Å². The fourth-order valence-electron chi connectivity index (χ4n) is 2.68. The Hall–Kier alpha value is -2.29. The minimum atomic E-state index is -0.285. The van der Waals surface area contributed by atoms with E-state index in [1.54, 1.807) is 0 Å². The van der Waals surface area contributed by atoms with Crippen LogP contribution < -0.4 is 22.1 Å². The smallest absolute Gasteiger partial charge is 0.0938 e. The van der Waals surface area contributed by atoms with Gasteiger partial charge in [-0.05, 0) is 90.0 Å². The molecule has 3 aromatic rings. The molecule has 0 fully saturated rings. The summed E-state index contributed by atoms with van der Waals surface area (Å²) >= 11 is 2.28. The minimum Gasteiger partial charge on any atom is -0.168 e. The topological polar surface area (TPSA) is 62.1 Å². The number of halogens is 1. The number of rotatable bonds is 6. The van der Waals surface area contributed by atoms with Crippen LogP contribution in [-0.4, -0.2) is 4.92 Å². The summed E-state index contributed by atoms with van der Waals surface area (Å²) < 4.78 is 1.13. The number of nitrogens with two attached hydrogens (primary N) is 1. The molecule has 0 radical (unpaired) electrons. The molecule has 0 aliphatic carbocycles. The van der Waals surface area contributed by atoms with Gasteiger partial charge in [-0.3, -0.25) is 0 Å². The standard InChI is InChI=1S/C20H23IN5/c1-15-6-3-9-18(12-15)23-26(22,24-19-10-4-7-16(2)13-19)25-20-11-5-8-17(21)14-20/h3-14,23-25H,22H2,1-2H3/q+1. The highest BCUT2D eigenvalue weighted by Crippen LogP contribution is 2.20. The second-order valence-electron chi connectivity index (χ2n) is 6.31. The zero-order valence-corrected chi connectivity index (χ0v) is 17.0. The fourth-order valence-corrected chi connectivity index (χ4v) is 3.23. The lowest BCUT2D eigenvalue weighted by Gasteiger charge is -2.32. The zero-order chi connectivity index (χ0) is 18.6. The van der Waals surface area contributed by atoms with E-state index in [1.165, 1.54) is 0 Å². The number of quaternary nitrogens is 1. The van der Waals surface area contributed by atoms with E-state index in [9.17, 15) is 0 Å². The molecule has 0 aliphatic heterocycles. The average Bonchev–Trinajstić information content (AvgIpc) is 2.54. The predicted molar refractivity (Wildman–Crippen MR) is 117 cm³/mol. The van der Waals surface area contributed by atoms with Crippen molar-refractivity contribution in [2.24, 2.45) is 5.84 Å². The molecule has 3 aromatic carbocycles. The molecule has 0 saturated carbocycles. The van der Waals surface area contributed by atoms with Gasteiger partial charge >= 0.3 is 0 Å². The van der Waals surface area contributed by atoms with Crippen LogP contribution in [0.15, 0.2) is 72.8 Å². The van der Waals surface area contributed by atoms with Crippen molar-refractivity contribution in [3.05, 3.63) is 87.5 Å². The van der Waals surface area contributed by atoms with Gasteiger partial charge in [-0.25, -0.2) is 0 Å². The Kier molecular flexibility index (Phi) is 5.65. The third-order valence-corrected chi connectivity index (χ3v) is 4.45.